The number of aromatic nitrogens is 2. The first-order valence-corrected chi connectivity index (χ1v) is 13.1. The van der Waals surface area contributed by atoms with Crippen molar-refractivity contribution in [1.29, 1.82) is 0 Å². The van der Waals surface area contributed by atoms with E-state index >= 15 is 0 Å². The summed E-state index contributed by atoms with van der Waals surface area (Å²) in [6.07, 6.45) is 4.71. The van der Waals surface area contributed by atoms with Crippen molar-refractivity contribution in [2.75, 3.05) is 35.2 Å². The van der Waals surface area contributed by atoms with Gasteiger partial charge in [0.1, 0.15) is 18.2 Å². The first-order valence-electron chi connectivity index (χ1n) is 11.6. The number of ether oxygens (including phenoxy) is 1. The molecule has 4 N–H and O–H groups in total. The summed E-state index contributed by atoms with van der Waals surface area (Å²) in [5.41, 5.74) is 6.90. The molecule has 12 nitrogen and oxygen atoms in total. The molecule has 0 spiro atoms. The number of sulfonamides is 1. The molecule has 3 heterocycles. The topological polar surface area (TPSA) is 160 Å². The fourth-order valence-corrected chi connectivity index (χ4v) is 6.24. The van der Waals surface area contributed by atoms with Crippen LogP contribution >= 0.6 is 0 Å². The van der Waals surface area contributed by atoms with E-state index in [1.165, 1.54) is 10.5 Å². The van der Waals surface area contributed by atoms with Crippen LogP contribution in [0.3, 0.4) is 0 Å². The number of hydrogen-bond donors (Lipinski definition) is 3. The highest BCUT2D eigenvalue weighted by atomic mass is 32.2. The number of nitrogens with one attached hydrogen (secondary N) is 2. The third-order valence-electron chi connectivity index (χ3n) is 6.54. The average Bonchev–Trinajstić information content (AvgIpc) is 3.73. The van der Waals surface area contributed by atoms with Crippen LogP contribution in [0.1, 0.15) is 36.0 Å². The molecule has 4 aliphatic rings. The van der Waals surface area contributed by atoms with Crippen LogP contribution in [0.25, 0.3) is 0 Å². The van der Waals surface area contributed by atoms with E-state index in [0.717, 1.165) is 12.8 Å². The average molecular weight is 500 g/mol. The lowest BCUT2D eigenvalue weighted by molar-refractivity contribution is -0.121. The quantitative estimate of drug-likeness (QED) is 0.500. The fraction of sp³-hybridized carbons (Fsp3) is 0.455. The van der Waals surface area contributed by atoms with Gasteiger partial charge in [-0.3, -0.25) is 14.5 Å². The van der Waals surface area contributed by atoms with E-state index in [1.54, 1.807) is 23.1 Å². The highest BCUT2D eigenvalue weighted by Crippen LogP contribution is 2.40. The lowest BCUT2D eigenvalue weighted by Crippen LogP contribution is -2.61. The number of benzene rings is 1. The molecule has 0 bridgehead atoms. The van der Waals surface area contributed by atoms with Gasteiger partial charge in [-0.2, -0.15) is 9.29 Å². The first-order chi connectivity index (χ1) is 16.8. The van der Waals surface area contributed by atoms with Gasteiger partial charge >= 0.3 is 0 Å². The number of carbonyl (C=O) groups excluding carboxylic acids is 2. The van der Waals surface area contributed by atoms with Crippen molar-refractivity contribution in [1.82, 2.24) is 14.3 Å². The molecule has 1 atom stereocenters. The third-order valence-corrected chi connectivity index (χ3v) is 8.86. The van der Waals surface area contributed by atoms with E-state index < -0.39 is 15.9 Å². The summed E-state index contributed by atoms with van der Waals surface area (Å²) < 4.78 is 32.5. The fourth-order valence-electron chi connectivity index (χ4n) is 4.42. The molecule has 6 rings (SSSR count). The monoisotopic (exact) mass is 499 g/mol. The molecule has 0 radical (unpaired) electrons. The number of primary amides is 1. The zero-order valence-corrected chi connectivity index (χ0v) is 19.6. The summed E-state index contributed by atoms with van der Waals surface area (Å²) in [7, 11) is -3.43. The maximum Gasteiger partial charge on any atom is 0.254 e. The first kappa shape index (κ1) is 22.0. The molecule has 1 saturated heterocycles. The number of piperazine rings is 1. The van der Waals surface area contributed by atoms with Gasteiger partial charge in [-0.15, -0.1) is 0 Å². The molecular weight excluding hydrogens is 474 g/mol. The van der Waals surface area contributed by atoms with E-state index in [-0.39, 0.29) is 54.4 Å². The van der Waals surface area contributed by atoms with Gasteiger partial charge in [-0.25, -0.2) is 13.4 Å². The van der Waals surface area contributed by atoms with Crippen LogP contribution in [0.15, 0.2) is 24.4 Å². The zero-order chi connectivity index (χ0) is 24.3. The Morgan fingerprint density at radius 2 is 2.00 bits per heavy atom. The summed E-state index contributed by atoms with van der Waals surface area (Å²) in [6.45, 7) is 0.255. The Bertz CT molecular complexity index is 1330. The molecule has 2 amide bonds. The van der Waals surface area contributed by atoms with E-state index in [9.17, 15) is 18.0 Å². The second-order valence-corrected chi connectivity index (χ2v) is 11.5. The predicted octanol–water partition coefficient (Wildman–Crippen LogP) is 0.795. The van der Waals surface area contributed by atoms with Crippen LogP contribution in [0, 0.1) is 0 Å². The molecule has 3 fully saturated rings. The van der Waals surface area contributed by atoms with Gasteiger partial charge in [0.25, 0.3) is 5.91 Å². The van der Waals surface area contributed by atoms with Crippen molar-refractivity contribution in [3.63, 3.8) is 0 Å². The zero-order valence-electron chi connectivity index (χ0n) is 18.8. The molecule has 2 aromatic rings. The van der Waals surface area contributed by atoms with Gasteiger partial charge in [-0.05, 0) is 37.8 Å². The van der Waals surface area contributed by atoms with Crippen LogP contribution in [0.4, 0.5) is 23.1 Å². The van der Waals surface area contributed by atoms with Crippen molar-refractivity contribution in [3.8, 4) is 5.75 Å². The number of nitrogens with zero attached hydrogens (tertiary/aromatic N) is 4. The Morgan fingerprint density at radius 3 is 2.71 bits per heavy atom. The minimum absolute atomic E-state index is 0.161. The van der Waals surface area contributed by atoms with Gasteiger partial charge in [-0.1, -0.05) is 0 Å². The van der Waals surface area contributed by atoms with Crippen molar-refractivity contribution in [3.05, 3.63) is 30.0 Å². The third kappa shape index (κ3) is 4.14. The van der Waals surface area contributed by atoms with Crippen LogP contribution in [0.2, 0.25) is 0 Å². The largest absolute Gasteiger partial charge is 0.489 e. The van der Waals surface area contributed by atoms with E-state index in [4.69, 9.17) is 10.5 Å². The smallest absolute Gasteiger partial charge is 0.254 e. The Labute approximate surface area is 201 Å². The van der Waals surface area contributed by atoms with E-state index in [0.29, 0.717) is 35.8 Å². The van der Waals surface area contributed by atoms with Crippen LogP contribution in [-0.4, -0.2) is 71.5 Å². The van der Waals surface area contributed by atoms with Gasteiger partial charge in [0, 0.05) is 30.5 Å². The Morgan fingerprint density at radius 1 is 1.20 bits per heavy atom. The summed E-state index contributed by atoms with van der Waals surface area (Å²) in [5, 5.41) is 5.94. The standard InChI is InChI=1S/C22H25N7O5S/c23-20(31)16-8-24-22(27-21(16)25-12-1-2-12)26-13-3-6-17-18(7-13)34-11-14-9-28(10-19(30)29(14)17)35(32,33)15-4-5-15/h3,6-8,12,14-15H,1-2,4-5,9-11H2,(H2,23,31)(H2,24,25,26,27). The van der Waals surface area contributed by atoms with Gasteiger partial charge in [0.05, 0.1) is 29.1 Å². The van der Waals surface area contributed by atoms with Crippen molar-refractivity contribution in [2.24, 2.45) is 5.73 Å². The van der Waals surface area contributed by atoms with E-state index in [2.05, 4.69) is 20.6 Å². The molecule has 2 saturated carbocycles. The van der Waals surface area contributed by atoms with Crippen LogP contribution < -0.4 is 26.0 Å². The van der Waals surface area contributed by atoms with Crippen molar-refractivity contribution < 1.29 is 22.7 Å². The second kappa shape index (κ2) is 8.05. The summed E-state index contributed by atoms with van der Waals surface area (Å²) in [5.74, 6) is 0.298. The van der Waals surface area contributed by atoms with Crippen molar-refractivity contribution in [2.45, 2.75) is 43.0 Å². The molecule has 35 heavy (non-hydrogen) atoms. The number of anilines is 4. The van der Waals surface area contributed by atoms with Gasteiger partial charge in [0.15, 0.2) is 0 Å². The number of carbonyl (C=O) groups is 2. The minimum Gasteiger partial charge on any atom is -0.489 e. The highest BCUT2D eigenvalue weighted by Gasteiger charge is 2.47. The van der Waals surface area contributed by atoms with Gasteiger partial charge in [0.2, 0.25) is 21.9 Å². The molecule has 184 valence electrons. The number of amides is 2. The molecule has 1 unspecified atom stereocenters. The molecule has 13 heteroatoms. The Hall–Kier alpha value is -3.45. The summed E-state index contributed by atoms with van der Waals surface area (Å²) >= 11 is 0. The highest BCUT2D eigenvalue weighted by molar-refractivity contribution is 7.90. The summed E-state index contributed by atoms with van der Waals surface area (Å²) in [4.78, 5) is 34.9. The molecule has 1 aromatic carbocycles. The van der Waals surface area contributed by atoms with Crippen LogP contribution in [0.5, 0.6) is 5.75 Å². The summed E-state index contributed by atoms with van der Waals surface area (Å²) in [6, 6.07) is 5.17. The Kier molecular flexibility index (Phi) is 5.07. The minimum atomic E-state index is -3.43. The SMILES string of the molecule is NC(=O)c1cnc(Nc2ccc3c(c2)OCC2CN(S(=O)(=O)C4CC4)CC(=O)N32)nc1NC1CC1. The van der Waals surface area contributed by atoms with Crippen LogP contribution in [-0.2, 0) is 14.8 Å². The number of hydrogen-bond acceptors (Lipinski definition) is 9. The van der Waals surface area contributed by atoms with E-state index in [1.807, 2.05) is 0 Å². The Balaban J connectivity index is 1.21. The normalized spacial score (nSPS) is 22.1. The second-order valence-electron chi connectivity index (χ2n) is 9.31. The molecule has 1 aromatic heterocycles. The molecular formula is C22H25N7O5S. The lowest BCUT2D eigenvalue weighted by atomic mass is 10.1. The number of nitrogens with two attached hydrogens (primary N) is 1. The molecule has 2 aliphatic heterocycles. The molecule has 2 aliphatic carbocycles. The number of fused-ring (bicyclic) bond motifs is 3. The predicted molar refractivity (Wildman–Crippen MR) is 127 cm³/mol. The lowest BCUT2D eigenvalue weighted by Gasteiger charge is -2.43. The maximum absolute atomic E-state index is 13.0. The van der Waals surface area contributed by atoms with Crippen molar-refractivity contribution >= 4 is 45.0 Å². The maximum atomic E-state index is 13.0. The van der Waals surface area contributed by atoms with Gasteiger partial charge < -0.3 is 21.1 Å². The number of rotatable bonds is 7.